The fraction of sp³-hybridized carbons (Fsp3) is 0.800. The molecule has 2 rings (SSSR count). The molecule has 4 amide bonds. The Hall–Kier alpha value is -1.39. The van der Waals surface area contributed by atoms with Crippen molar-refractivity contribution >= 4 is 17.8 Å². The van der Waals surface area contributed by atoms with E-state index in [1.165, 1.54) is 30.6 Å². The first kappa shape index (κ1) is 15.0. The number of hydrogen-bond donors (Lipinski definition) is 1. The van der Waals surface area contributed by atoms with Crippen LogP contribution < -0.4 is 5.32 Å². The molecule has 0 radical (unpaired) electrons. The smallest absolute Gasteiger partial charge is 0.277 e. The molecule has 20 heavy (non-hydrogen) atoms. The zero-order valence-electron chi connectivity index (χ0n) is 12.6. The topological polar surface area (TPSA) is 66.5 Å². The average molecular weight is 280 g/mol. The maximum atomic E-state index is 12.2. The van der Waals surface area contributed by atoms with E-state index in [2.05, 4.69) is 12.2 Å². The minimum Gasteiger partial charge on any atom is -0.277 e. The molecule has 1 aliphatic heterocycles. The molecule has 112 valence electrons. The molecule has 2 unspecified atom stereocenters. The third-order valence-corrected chi connectivity index (χ3v) is 4.62. The summed E-state index contributed by atoms with van der Waals surface area (Å²) in [5, 5.41) is 2.27. The number of nitrogens with zero attached hydrogens (tertiary/aromatic N) is 1. The summed E-state index contributed by atoms with van der Waals surface area (Å²) >= 11 is 0. The van der Waals surface area contributed by atoms with Crippen molar-refractivity contribution in [1.82, 2.24) is 10.2 Å². The van der Waals surface area contributed by atoms with Crippen LogP contribution in [0.4, 0.5) is 4.79 Å². The number of hydrogen-bond acceptors (Lipinski definition) is 3. The number of amides is 4. The van der Waals surface area contributed by atoms with Gasteiger partial charge in [0, 0.05) is 6.54 Å². The van der Waals surface area contributed by atoms with Gasteiger partial charge in [0.1, 0.15) is 5.41 Å². The maximum Gasteiger partial charge on any atom is 0.330 e. The predicted octanol–water partition coefficient (Wildman–Crippen LogP) is 2.31. The SMILES string of the molecule is CC1CCCC(CCN2C(=O)NC(=O)C(C)(C)C2=O)C1. The first-order chi connectivity index (χ1) is 9.32. The summed E-state index contributed by atoms with van der Waals surface area (Å²) in [5.41, 5.74) is -1.15. The molecule has 5 heteroatoms. The van der Waals surface area contributed by atoms with Gasteiger partial charge in [-0.3, -0.25) is 19.8 Å². The van der Waals surface area contributed by atoms with Gasteiger partial charge in [-0.15, -0.1) is 0 Å². The number of urea groups is 1. The summed E-state index contributed by atoms with van der Waals surface area (Å²) in [6.45, 7) is 5.80. The minimum absolute atomic E-state index is 0.380. The monoisotopic (exact) mass is 280 g/mol. The lowest BCUT2D eigenvalue weighted by atomic mass is 9.80. The molecule has 5 nitrogen and oxygen atoms in total. The zero-order valence-corrected chi connectivity index (χ0v) is 12.6. The molecule has 0 aromatic rings. The van der Waals surface area contributed by atoms with Crippen LogP contribution in [0.2, 0.25) is 0 Å². The quantitative estimate of drug-likeness (QED) is 0.807. The van der Waals surface area contributed by atoms with E-state index in [4.69, 9.17) is 0 Å². The van der Waals surface area contributed by atoms with E-state index in [1.807, 2.05) is 0 Å². The number of carbonyl (C=O) groups is 3. The van der Waals surface area contributed by atoms with Crippen LogP contribution in [0.15, 0.2) is 0 Å². The molecule has 1 heterocycles. The summed E-state index contributed by atoms with van der Waals surface area (Å²) in [6.07, 6.45) is 5.70. The highest BCUT2D eigenvalue weighted by atomic mass is 16.2. The molecule has 0 bridgehead atoms. The Morgan fingerprint density at radius 2 is 1.95 bits per heavy atom. The second-order valence-electron chi connectivity index (χ2n) is 6.77. The van der Waals surface area contributed by atoms with Gasteiger partial charge in [-0.25, -0.2) is 4.79 Å². The second kappa shape index (κ2) is 5.54. The van der Waals surface area contributed by atoms with Crippen LogP contribution in [0.3, 0.4) is 0 Å². The lowest BCUT2D eigenvalue weighted by molar-refractivity contribution is -0.149. The summed E-state index contributed by atoms with van der Waals surface area (Å²) in [6, 6.07) is -0.566. The van der Waals surface area contributed by atoms with Crippen molar-refractivity contribution in [3.05, 3.63) is 0 Å². The van der Waals surface area contributed by atoms with Gasteiger partial charge in [-0.2, -0.15) is 0 Å². The predicted molar refractivity (Wildman–Crippen MR) is 74.8 cm³/mol. The van der Waals surface area contributed by atoms with Gasteiger partial charge in [0.15, 0.2) is 0 Å². The number of barbiturate groups is 1. The van der Waals surface area contributed by atoms with E-state index in [-0.39, 0.29) is 5.91 Å². The Labute approximate surface area is 120 Å². The molecule has 1 aliphatic carbocycles. The van der Waals surface area contributed by atoms with Gasteiger partial charge in [0.2, 0.25) is 11.8 Å². The molecular formula is C15H24N2O3. The van der Waals surface area contributed by atoms with E-state index < -0.39 is 17.4 Å². The van der Waals surface area contributed by atoms with Crippen molar-refractivity contribution in [2.45, 2.75) is 52.9 Å². The van der Waals surface area contributed by atoms with Crippen LogP contribution in [0.5, 0.6) is 0 Å². The Morgan fingerprint density at radius 1 is 1.25 bits per heavy atom. The number of carbonyl (C=O) groups excluding carboxylic acids is 3. The first-order valence-corrected chi connectivity index (χ1v) is 7.49. The molecule has 0 aromatic carbocycles. The normalized spacial score (nSPS) is 30.4. The third-order valence-electron chi connectivity index (χ3n) is 4.62. The van der Waals surface area contributed by atoms with E-state index in [0.29, 0.717) is 12.5 Å². The minimum atomic E-state index is -1.15. The standard InChI is InChI=1S/C15H24N2O3/c1-10-5-4-6-11(9-10)7-8-17-13(19)15(2,3)12(18)16-14(17)20/h10-11H,4-9H2,1-3H3,(H,16,18,20). The van der Waals surface area contributed by atoms with E-state index in [0.717, 1.165) is 12.3 Å². The second-order valence-corrected chi connectivity index (χ2v) is 6.77. The Balaban J connectivity index is 1.96. The summed E-state index contributed by atoms with van der Waals surface area (Å²) in [7, 11) is 0. The van der Waals surface area contributed by atoms with Crippen LogP contribution in [0.1, 0.15) is 52.9 Å². The largest absolute Gasteiger partial charge is 0.330 e. The summed E-state index contributed by atoms with van der Waals surface area (Å²) < 4.78 is 0. The Morgan fingerprint density at radius 3 is 2.60 bits per heavy atom. The van der Waals surface area contributed by atoms with Crippen molar-refractivity contribution < 1.29 is 14.4 Å². The number of rotatable bonds is 3. The summed E-state index contributed by atoms with van der Waals surface area (Å²) in [4.78, 5) is 36.9. The summed E-state index contributed by atoms with van der Waals surface area (Å²) in [5.74, 6) is 0.433. The van der Waals surface area contributed by atoms with Gasteiger partial charge in [0.05, 0.1) is 0 Å². The Bertz CT molecular complexity index is 431. The first-order valence-electron chi connectivity index (χ1n) is 7.49. The van der Waals surface area contributed by atoms with Crippen molar-refractivity contribution in [1.29, 1.82) is 0 Å². The van der Waals surface area contributed by atoms with Gasteiger partial charge in [-0.05, 0) is 38.5 Å². The van der Waals surface area contributed by atoms with Crippen LogP contribution in [-0.4, -0.2) is 29.3 Å². The molecule has 0 aromatic heterocycles. The highest BCUT2D eigenvalue weighted by molar-refractivity contribution is 6.18. The van der Waals surface area contributed by atoms with Crippen molar-refractivity contribution in [2.75, 3.05) is 6.54 Å². The lowest BCUT2D eigenvalue weighted by Gasteiger charge is -2.36. The molecular weight excluding hydrogens is 256 g/mol. The lowest BCUT2D eigenvalue weighted by Crippen LogP contribution is -2.62. The Kier molecular flexibility index (Phi) is 4.16. The molecule has 1 saturated carbocycles. The molecule has 2 fully saturated rings. The maximum absolute atomic E-state index is 12.2. The number of imide groups is 2. The highest BCUT2D eigenvalue weighted by Gasteiger charge is 2.46. The molecule has 1 saturated heterocycles. The van der Waals surface area contributed by atoms with Crippen LogP contribution in [0, 0.1) is 17.3 Å². The van der Waals surface area contributed by atoms with Gasteiger partial charge < -0.3 is 0 Å². The third kappa shape index (κ3) is 2.86. The van der Waals surface area contributed by atoms with Crippen LogP contribution >= 0.6 is 0 Å². The molecule has 1 N–H and O–H groups in total. The van der Waals surface area contributed by atoms with Crippen molar-refractivity contribution in [3.8, 4) is 0 Å². The van der Waals surface area contributed by atoms with Crippen LogP contribution in [0.25, 0.3) is 0 Å². The van der Waals surface area contributed by atoms with E-state index >= 15 is 0 Å². The fourth-order valence-corrected chi connectivity index (χ4v) is 3.18. The van der Waals surface area contributed by atoms with Crippen LogP contribution in [-0.2, 0) is 9.59 Å². The highest BCUT2D eigenvalue weighted by Crippen LogP contribution is 2.31. The van der Waals surface area contributed by atoms with E-state index in [9.17, 15) is 14.4 Å². The molecule has 2 atom stereocenters. The molecule has 2 aliphatic rings. The van der Waals surface area contributed by atoms with E-state index in [1.54, 1.807) is 13.8 Å². The van der Waals surface area contributed by atoms with Crippen molar-refractivity contribution in [2.24, 2.45) is 17.3 Å². The molecule has 0 spiro atoms. The number of nitrogens with one attached hydrogen (secondary N) is 1. The fourth-order valence-electron chi connectivity index (χ4n) is 3.18. The van der Waals surface area contributed by atoms with Gasteiger partial charge >= 0.3 is 6.03 Å². The zero-order chi connectivity index (χ0) is 14.9. The van der Waals surface area contributed by atoms with Gasteiger partial charge in [-0.1, -0.05) is 26.2 Å². The van der Waals surface area contributed by atoms with Gasteiger partial charge in [0.25, 0.3) is 0 Å². The average Bonchev–Trinajstić information content (AvgIpc) is 2.37. The van der Waals surface area contributed by atoms with Crippen molar-refractivity contribution in [3.63, 3.8) is 0 Å².